The van der Waals surface area contributed by atoms with Gasteiger partial charge < -0.3 is 5.73 Å². The molecule has 18 heavy (non-hydrogen) atoms. The Balaban J connectivity index is 2.32. The molecule has 1 heterocycles. The van der Waals surface area contributed by atoms with Crippen LogP contribution in [0.2, 0.25) is 0 Å². The minimum absolute atomic E-state index is 0.0315. The number of benzene rings is 1. The van der Waals surface area contributed by atoms with E-state index in [2.05, 4.69) is 0 Å². The van der Waals surface area contributed by atoms with Crippen molar-refractivity contribution >= 4 is 10.0 Å². The van der Waals surface area contributed by atoms with Gasteiger partial charge in [0.2, 0.25) is 10.0 Å². The number of aryl methyl sites for hydroxylation is 1. The molecule has 2 N–H and O–H groups in total. The highest BCUT2D eigenvalue weighted by Gasteiger charge is 2.37. The topological polar surface area (TPSA) is 63.4 Å². The molecule has 5 heteroatoms. The van der Waals surface area contributed by atoms with Crippen LogP contribution in [0.3, 0.4) is 0 Å². The van der Waals surface area contributed by atoms with Crippen LogP contribution in [0.15, 0.2) is 29.2 Å². The van der Waals surface area contributed by atoms with Gasteiger partial charge in [-0.1, -0.05) is 12.1 Å². The van der Waals surface area contributed by atoms with Crippen LogP contribution in [0.1, 0.15) is 18.9 Å². The van der Waals surface area contributed by atoms with Crippen LogP contribution in [-0.2, 0) is 10.0 Å². The van der Waals surface area contributed by atoms with E-state index in [-0.39, 0.29) is 12.0 Å². The third-order valence-corrected chi connectivity index (χ3v) is 5.51. The fourth-order valence-corrected chi connectivity index (χ4v) is 4.35. The first-order valence-corrected chi connectivity index (χ1v) is 7.67. The van der Waals surface area contributed by atoms with Gasteiger partial charge in [-0.2, -0.15) is 4.31 Å². The average molecular weight is 268 g/mol. The summed E-state index contributed by atoms with van der Waals surface area (Å²) in [6.45, 7) is 4.93. The Morgan fingerprint density at radius 2 is 2.17 bits per heavy atom. The molecular formula is C13H20N2O2S. The average Bonchev–Trinajstić information content (AvgIpc) is 2.71. The van der Waals surface area contributed by atoms with Gasteiger partial charge in [0.15, 0.2) is 0 Å². The third-order valence-electron chi connectivity index (χ3n) is 3.53. The molecule has 1 aliphatic heterocycles. The van der Waals surface area contributed by atoms with Crippen LogP contribution in [0.25, 0.3) is 0 Å². The summed E-state index contributed by atoms with van der Waals surface area (Å²) in [5.41, 5.74) is 6.60. The van der Waals surface area contributed by atoms with Crippen molar-refractivity contribution in [2.45, 2.75) is 31.2 Å². The molecule has 0 bridgehead atoms. The van der Waals surface area contributed by atoms with Crippen LogP contribution >= 0.6 is 0 Å². The second kappa shape index (κ2) is 4.99. The molecule has 100 valence electrons. The van der Waals surface area contributed by atoms with E-state index in [1.807, 2.05) is 19.9 Å². The Labute approximate surface area is 109 Å². The van der Waals surface area contributed by atoms with Crippen molar-refractivity contribution in [1.29, 1.82) is 0 Å². The number of hydrogen-bond donors (Lipinski definition) is 1. The molecule has 1 fully saturated rings. The van der Waals surface area contributed by atoms with Crippen molar-refractivity contribution in [2.24, 2.45) is 11.7 Å². The predicted octanol–water partition coefficient (Wildman–Crippen LogP) is 1.35. The molecule has 2 rings (SSSR count). The molecule has 0 aliphatic carbocycles. The van der Waals surface area contributed by atoms with Crippen LogP contribution in [-0.4, -0.2) is 31.9 Å². The van der Waals surface area contributed by atoms with Gasteiger partial charge in [-0.3, -0.25) is 0 Å². The fraction of sp³-hybridized carbons (Fsp3) is 0.538. The maximum Gasteiger partial charge on any atom is 0.243 e. The highest BCUT2D eigenvalue weighted by molar-refractivity contribution is 7.89. The Morgan fingerprint density at radius 1 is 1.44 bits per heavy atom. The summed E-state index contributed by atoms with van der Waals surface area (Å²) >= 11 is 0. The van der Waals surface area contributed by atoms with Crippen molar-refractivity contribution < 1.29 is 8.42 Å². The van der Waals surface area contributed by atoms with Gasteiger partial charge in [-0.05, 0) is 50.4 Å². The first-order valence-electron chi connectivity index (χ1n) is 6.23. The summed E-state index contributed by atoms with van der Waals surface area (Å²) in [6.07, 6.45) is 0.849. The smallest absolute Gasteiger partial charge is 0.243 e. The van der Waals surface area contributed by atoms with E-state index in [0.29, 0.717) is 18.0 Å². The van der Waals surface area contributed by atoms with Gasteiger partial charge in [0, 0.05) is 12.6 Å². The van der Waals surface area contributed by atoms with E-state index < -0.39 is 10.0 Å². The van der Waals surface area contributed by atoms with Gasteiger partial charge in [-0.25, -0.2) is 8.42 Å². The van der Waals surface area contributed by atoms with Gasteiger partial charge in [0.1, 0.15) is 0 Å². The van der Waals surface area contributed by atoms with Gasteiger partial charge in [0.05, 0.1) is 4.90 Å². The molecule has 0 saturated carbocycles. The first-order chi connectivity index (χ1) is 8.45. The third kappa shape index (κ3) is 2.43. The van der Waals surface area contributed by atoms with E-state index in [9.17, 15) is 8.42 Å². The zero-order chi connectivity index (χ0) is 13.3. The largest absolute Gasteiger partial charge is 0.330 e. The van der Waals surface area contributed by atoms with Crippen molar-refractivity contribution in [2.75, 3.05) is 13.1 Å². The molecule has 1 aromatic rings. The van der Waals surface area contributed by atoms with Crippen molar-refractivity contribution in [3.8, 4) is 0 Å². The monoisotopic (exact) mass is 268 g/mol. The summed E-state index contributed by atoms with van der Waals surface area (Å²) in [6, 6.07) is 7.09. The number of nitrogens with two attached hydrogens (primary N) is 1. The van der Waals surface area contributed by atoms with E-state index in [0.717, 1.165) is 12.0 Å². The summed E-state index contributed by atoms with van der Waals surface area (Å²) in [5.74, 6) is 0.277. The lowest BCUT2D eigenvalue weighted by molar-refractivity contribution is 0.404. The summed E-state index contributed by atoms with van der Waals surface area (Å²) in [5, 5.41) is 0. The second-order valence-corrected chi connectivity index (χ2v) is 6.97. The lowest BCUT2D eigenvalue weighted by atomic mass is 10.1. The van der Waals surface area contributed by atoms with E-state index >= 15 is 0 Å². The molecule has 1 aliphatic rings. The first kappa shape index (κ1) is 13.5. The summed E-state index contributed by atoms with van der Waals surface area (Å²) in [7, 11) is -3.38. The Bertz CT molecular complexity index is 528. The Kier molecular flexibility index (Phi) is 3.75. The highest BCUT2D eigenvalue weighted by Crippen LogP contribution is 2.29. The molecule has 1 aromatic carbocycles. The highest BCUT2D eigenvalue weighted by atomic mass is 32.2. The summed E-state index contributed by atoms with van der Waals surface area (Å²) < 4.78 is 26.7. The van der Waals surface area contributed by atoms with E-state index in [4.69, 9.17) is 5.73 Å². The lowest BCUT2D eigenvalue weighted by Crippen LogP contribution is -2.34. The normalized spacial score (nSPS) is 25.5. The number of sulfonamides is 1. The quantitative estimate of drug-likeness (QED) is 0.900. The van der Waals surface area contributed by atoms with Gasteiger partial charge >= 0.3 is 0 Å². The molecule has 0 aromatic heterocycles. The molecule has 2 atom stereocenters. The molecule has 0 spiro atoms. The molecule has 2 unspecified atom stereocenters. The standard InChI is InChI=1S/C13H20N2O2S/c1-10-4-3-5-13(6-10)18(16,17)15-9-12(8-14)7-11(15)2/h3-6,11-12H,7-9,14H2,1-2H3. The number of hydrogen-bond acceptors (Lipinski definition) is 3. The fourth-order valence-electron chi connectivity index (χ4n) is 2.53. The van der Waals surface area contributed by atoms with E-state index in [1.165, 1.54) is 0 Å². The van der Waals surface area contributed by atoms with Crippen molar-refractivity contribution in [3.63, 3.8) is 0 Å². The minimum Gasteiger partial charge on any atom is -0.330 e. The molecule has 1 saturated heterocycles. The molecule has 0 radical (unpaired) electrons. The Hall–Kier alpha value is -0.910. The van der Waals surface area contributed by atoms with Crippen molar-refractivity contribution in [3.05, 3.63) is 29.8 Å². The Morgan fingerprint density at radius 3 is 2.72 bits per heavy atom. The predicted molar refractivity (Wildman–Crippen MR) is 71.7 cm³/mol. The molecule has 0 amide bonds. The SMILES string of the molecule is Cc1cccc(S(=O)(=O)N2CC(CN)CC2C)c1. The van der Waals surface area contributed by atoms with Gasteiger partial charge in [-0.15, -0.1) is 0 Å². The second-order valence-electron chi connectivity index (χ2n) is 5.08. The van der Waals surface area contributed by atoms with E-state index in [1.54, 1.807) is 22.5 Å². The van der Waals surface area contributed by atoms with Gasteiger partial charge in [0.25, 0.3) is 0 Å². The number of nitrogens with zero attached hydrogens (tertiary/aromatic N) is 1. The van der Waals surface area contributed by atoms with Crippen molar-refractivity contribution in [1.82, 2.24) is 4.31 Å². The molecule has 4 nitrogen and oxygen atoms in total. The maximum atomic E-state index is 12.5. The van der Waals surface area contributed by atoms with Crippen LogP contribution in [0, 0.1) is 12.8 Å². The zero-order valence-corrected chi connectivity index (χ0v) is 11.7. The van der Waals surface area contributed by atoms with Crippen LogP contribution in [0.5, 0.6) is 0 Å². The number of rotatable bonds is 3. The lowest BCUT2D eigenvalue weighted by Gasteiger charge is -2.21. The molecular weight excluding hydrogens is 248 g/mol. The van der Waals surface area contributed by atoms with Crippen LogP contribution in [0.4, 0.5) is 0 Å². The van der Waals surface area contributed by atoms with Crippen LogP contribution < -0.4 is 5.73 Å². The maximum absolute atomic E-state index is 12.5. The zero-order valence-electron chi connectivity index (χ0n) is 10.8. The minimum atomic E-state index is -3.38. The summed E-state index contributed by atoms with van der Waals surface area (Å²) in [4.78, 5) is 0.382.